The Hall–Kier alpha value is -2.75. The van der Waals surface area contributed by atoms with Crippen LogP contribution in [-0.2, 0) is 16.6 Å². The number of primary sulfonamides is 1. The maximum absolute atomic E-state index is 12.3. The number of allylic oxidation sites excluding steroid dienone is 1. The van der Waals surface area contributed by atoms with Gasteiger partial charge in [-0.05, 0) is 42.0 Å². The number of carbonyl (C=O) groups is 1. The van der Waals surface area contributed by atoms with Gasteiger partial charge in [-0.25, -0.2) is 18.4 Å². The van der Waals surface area contributed by atoms with E-state index in [0.717, 1.165) is 10.0 Å². The number of sulfonamides is 1. The number of rotatable bonds is 6. The third kappa shape index (κ3) is 4.75. The van der Waals surface area contributed by atoms with E-state index in [1.54, 1.807) is 30.3 Å². The minimum atomic E-state index is -3.73. The van der Waals surface area contributed by atoms with E-state index in [0.29, 0.717) is 17.5 Å². The molecule has 0 saturated heterocycles. The Balaban J connectivity index is 1.68. The van der Waals surface area contributed by atoms with Crippen LogP contribution in [0, 0.1) is 0 Å². The van der Waals surface area contributed by atoms with Crippen LogP contribution in [0.5, 0.6) is 0 Å². The maximum atomic E-state index is 12.3. The second kappa shape index (κ2) is 8.09. The molecule has 1 aromatic heterocycles. The summed E-state index contributed by atoms with van der Waals surface area (Å²) in [6.07, 6.45) is 2.65. The van der Waals surface area contributed by atoms with Gasteiger partial charge < -0.3 is 9.73 Å². The summed E-state index contributed by atoms with van der Waals surface area (Å²) in [6, 6.07) is 12.7. The Morgan fingerprint density at radius 2 is 1.86 bits per heavy atom. The molecule has 0 fully saturated rings. The van der Waals surface area contributed by atoms with Crippen LogP contribution in [0.25, 0.3) is 11.0 Å². The molecule has 3 N–H and O–H groups in total. The minimum Gasteiger partial charge on any atom is -0.422 e. The first-order valence-corrected chi connectivity index (χ1v) is 10.4. The largest absolute Gasteiger partial charge is 0.422 e. The molecule has 9 heteroatoms. The molecule has 0 saturated carbocycles. The van der Waals surface area contributed by atoms with Crippen molar-refractivity contribution in [2.45, 2.75) is 11.4 Å². The van der Waals surface area contributed by atoms with E-state index < -0.39 is 21.4 Å². The van der Waals surface area contributed by atoms with Crippen LogP contribution in [0.4, 0.5) is 0 Å². The van der Waals surface area contributed by atoms with Crippen molar-refractivity contribution in [2.24, 2.45) is 5.14 Å². The van der Waals surface area contributed by atoms with Crippen molar-refractivity contribution in [1.29, 1.82) is 0 Å². The normalized spacial score (nSPS) is 11.8. The number of nitrogens with two attached hydrogens (primary N) is 1. The number of fused-ring (bicyclic) bond motifs is 1. The van der Waals surface area contributed by atoms with E-state index in [1.165, 1.54) is 30.5 Å². The van der Waals surface area contributed by atoms with E-state index in [4.69, 9.17) is 9.56 Å². The fraction of sp³-hybridized carbons (Fsp3) is 0.0526. The smallest absolute Gasteiger partial charge is 0.347 e. The number of halogens is 1. The summed E-state index contributed by atoms with van der Waals surface area (Å²) in [5, 5.41) is 8.58. The molecule has 0 aliphatic heterocycles. The van der Waals surface area contributed by atoms with Gasteiger partial charge in [-0.15, -0.1) is 0 Å². The van der Waals surface area contributed by atoms with Crippen LogP contribution in [0.3, 0.4) is 0 Å². The monoisotopic (exact) mass is 462 g/mol. The first kappa shape index (κ1) is 20.0. The van der Waals surface area contributed by atoms with Crippen molar-refractivity contribution < 1.29 is 17.6 Å². The molecule has 0 amide bonds. The first-order valence-electron chi connectivity index (χ1n) is 8.03. The van der Waals surface area contributed by atoms with Crippen LogP contribution in [-0.4, -0.2) is 14.2 Å². The zero-order valence-electron chi connectivity index (χ0n) is 14.4. The van der Waals surface area contributed by atoms with Crippen molar-refractivity contribution >= 4 is 42.7 Å². The van der Waals surface area contributed by atoms with Crippen LogP contribution in [0.15, 0.2) is 79.4 Å². The van der Waals surface area contributed by atoms with Crippen LogP contribution >= 0.6 is 15.9 Å². The van der Waals surface area contributed by atoms with E-state index in [1.807, 2.05) is 0 Å². The number of benzene rings is 2. The second-order valence-electron chi connectivity index (χ2n) is 5.90. The average molecular weight is 463 g/mol. The lowest BCUT2D eigenvalue weighted by Crippen LogP contribution is -2.13. The van der Waals surface area contributed by atoms with Gasteiger partial charge >= 0.3 is 5.63 Å². The lowest BCUT2D eigenvalue weighted by atomic mass is 10.1. The number of nitrogens with one attached hydrogen (secondary N) is 1. The fourth-order valence-electron chi connectivity index (χ4n) is 2.46. The van der Waals surface area contributed by atoms with Crippen molar-refractivity contribution in [2.75, 3.05) is 0 Å². The van der Waals surface area contributed by atoms with Gasteiger partial charge in [-0.1, -0.05) is 28.1 Å². The maximum Gasteiger partial charge on any atom is 0.347 e. The summed E-state index contributed by atoms with van der Waals surface area (Å²) in [7, 11) is -3.73. The standard InChI is InChI=1S/C19H15BrN2O5S/c20-14-3-6-18-13(9-14)10-16(19(24)27-18)17(23)7-8-22-11-12-1-4-15(5-2-12)28(21,25)26/h1-10,22H,11H2,(H2,21,25,26)/b8-7+. The van der Waals surface area contributed by atoms with Gasteiger partial charge in [0.25, 0.3) is 0 Å². The SMILES string of the molecule is NS(=O)(=O)c1ccc(CN/C=C/C(=O)c2cc3cc(Br)ccc3oc2=O)cc1. The molecule has 144 valence electrons. The molecule has 0 bridgehead atoms. The Labute approximate surface area is 169 Å². The zero-order valence-corrected chi connectivity index (χ0v) is 16.8. The third-order valence-electron chi connectivity index (χ3n) is 3.87. The summed E-state index contributed by atoms with van der Waals surface area (Å²) in [5.74, 6) is -0.493. The number of hydrogen-bond acceptors (Lipinski definition) is 6. The second-order valence-corrected chi connectivity index (χ2v) is 8.37. The molecule has 0 aliphatic rings. The highest BCUT2D eigenvalue weighted by Crippen LogP contribution is 2.19. The molecule has 0 radical (unpaired) electrons. The Morgan fingerprint density at radius 1 is 1.14 bits per heavy atom. The summed E-state index contributed by atoms with van der Waals surface area (Å²) < 4.78 is 28.4. The minimum absolute atomic E-state index is 0.0247. The molecular formula is C19H15BrN2O5S. The first-order chi connectivity index (χ1) is 13.2. The fourth-order valence-corrected chi connectivity index (χ4v) is 3.36. The molecule has 0 aliphatic carbocycles. The molecule has 0 atom stereocenters. The van der Waals surface area contributed by atoms with Crippen molar-refractivity contribution in [1.82, 2.24) is 5.32 Å². The molecule has 3 rings (SSSR count). The predicted molar refractivity (Wildman–Crippen MR) is 108 cm³/mol. The van der Waals surface area contributed by atoms with Crippen LogP contribution < -0.4 is 16.1 Å². The lowest BCUT2D eigenvalue weighted by molar-refractivity contribution is 0.104. The molecule has 28 heavy (non-hydrogen) atoms. The van der Waals surface area contributed by atoms with E-state index in [9.17, 15) is 18.0 Å². The molecule has 7 nitrogen and oxygen atoms in total. The van der Waals surface area contributed by atoms with E-state index >= 15 is 0 Å². The molecule has 0 unspecified atom stereocenters. The summed E-state index contributed by atoms with van der Waals surface area (Å²) >= 11 is 3.33. The van der Waals surface area contributed by atoms with Gasteiger partial charge in [0, 0.05) is 28.7 Å². The molecular weight excluding hydrogens is 448 g/mol. The predicted octanol–water partition coefficient (Wildman–Crippen LogP) is 2.69. The Morgan fingerprint density at radius 3 is 2.54 bits per heavy atom. The van der Waals surface area contributed by atoms with Crippen LogP contribution in [0.2, 0.25) is 0 Å². The molecule has 1 heterocycles. The van der Waals surface area contributed by atoms with E-state index in [-0.39, 0.29) is 10.5 Å². The summed E-state index contributed by atoms with van der Waals surface area (Å²) in [4.78, 5) is 24.3. The van der Waals surface area contributed by atoms with Gasteiger partial charge in [0.15, 0.2) is 5.78 Å². The highest BCUT2D eigenvalue weighted by atomic mass is 79.9. The molecule has 3 aromatic rings. The summed E-state index contributed by atoms with van der Waals surface area (Å²) in [5.41, 5.74) is 0.415. The van der Waals surface area contributed by atoms with Gasteiger partial charge in [0.2, 0.25) is 10.0 Å². The number of ketones is 1. The highest BCUT2D eigenvalue weighted by Gasteiger charge is 2.11. The molecule has 0 spiro atoms. The zero-order chi connectivity index (χ0) is 20.3. The van der Waals surface area contributed by atoms with Gasteiger partial charge in [0.1, 0.15) is 11.1 Å². The Kier molecular flexibility index (Phi) is 5.78. The quantitative estimate of drug-likeness (QED) is 0.330. The Bertz CT molecular complexity index is 1230. The van der Waals surface area contributed by atoms with Gasteiger partial charge in [-0.3, -0.25) is 4.79 Å². The highest BCUT2D eigenvalue weighted by molar-refractivity contribution is 9.10. The van der Waals surface area contributed by atoms with Crippen LogP contribution in [0.1, 0.15) is 15.9 Å². The average Bonchev–Trinajstić information content (AvgIpc) is 2.64. The third-order valence-corrected chi connectivity index (χ3v) is 5.29. The van der Waals surface area contributed by atoms with Gasteiger partial charge in [-0.2, -0.15) is 0 Å². The van der Waals surface area contributed by atoms with E-state index in [2.05, 4.69) is 21.2 Å². The topological polar surface area (TPSA) is 119 Å². The lowest BCUT2D eigenvalue weighted by Gasteiger charge is -2.03. The van der Waals surface area contributed by atoms with Crippen molar-refractivity contribution in [3.63, 3.8) is 0 Å². The van der Waals surface area contributed by atoms with Gasteiger partial charge in [0.05, 0.1) is 4.90 Å². The number of carbonyl (C=O) groups excluding carboxylic acids is 1. The molecule has 2 aromatic carbocycles. The van der Waals surface area contributed by atoms with Crippen molar-refractivity contribution in [3.8, 4) is 0 Å². The summed E-state index contributed by atoms with van der Waals surface area (Å²) in [6.45, 7) is 0.355. The number of hydrogen-bond donors (Lipinski definition) is 2. The van der Waals surface area contributed by atoms with Crippen molar-refractivity contribution in [3.05, 3.63) is 86.8 Å².